The zero-order valence-electron chi connectivity index (χ0n) is 15.1. The average molecular weight is 417 g/mol. The summed E-state index contributed by atoms with van der Waals surface area (Å²) in [7, 11) is -2.71. The maximum Gasteiger partial charge on any atom is 0.353 e. The molecule has 3 N–H and O–H groups in total. The Morgan fingerprint density at radius 2 is 2.03 bits per heavy atom. The topological polar surface area (TPSA) is 156 Å². The van der Waals surface area contributed by atoms with E-state index in [4.69, 9.17) is 4.74 Å². The van der Waals surface area contributed by atoms with E-state index in [1.54, 1.807) is 36.4 Å². The molecule has 0 aliphatic heterocycles. The molecule has 1 unspecified atom stereocenters. The first kappa shape index (κ1) is 20.3. The van der Waals surface area contributed by atoms with Gasteiger partial charge in [-0.1, -0.05) is 12.1 Å². The Bertz CT molecular complexity index is 1100. The molecule has 1 atom stereocenters. The van der Waals surface area contributed by atoms with Crippen molar-refractivity contribution in [3.05, 3.63) is 70.3 Å². The number of amides is 1. The van der Waals surface area contributed by atoms with E-state index in [9.17, 15) is 19.0 Å². The smallest absolute Gasteiger partial charge is 0.353 e. The highest BCUT2D eigenvalue weighted by molar-refractivity contribution is 7.51. The second-order valence-electron chi connectivity index (χ2n) is 5.75. The number of ether oxygens (including phenoxy) is 1. The maximum atomic E-state index is 12.2. The number of rotatable bonds is 7. The SMILES string of the molecule is COc1ccc(CP(=O)(O)ONC(=O)c2cnc(-c3cccnn3)[nH]c2=O)cc1. The predicted molar refractivity (Wildman–Crippen MR) is 101 cm³/mol. The van der Waals surface area contributed by atoms with Crippen LogP contribution in [0.5, 0.6) is 5.75 Å². The summed E-state index contributed by atoms with van der Waals surface area (Å²) in [5, 5.41) is 7.47. The summed E-state index contributed by atoms with van der Waals surface area (Å²) in [6.45, 7) is 0. The minimum Gasteiger partial charge on any atom is -0.497 e. The van der Waals surface area contributed by atoms with Crippen LogP contribution in [0.3, 0.4) is 0 Å². The molecule has 2 heterocycles. The van der Waals surface area contributed by atoms with Gasteiger partial charge in [-0.05, 0) is 29.8 Å². The number of nitrogens with one attached hydrogen (secondary N) is 2. The van der Waals surface area contributed by atoms with Gasteiger partial charge in [-0.15, -0.1) is 5.10 Å². The van der Waals surface area contributed by atoms with Gasteiger partial charge in [0, 0.05) is 12.4 Å². The average Bonchev–Trinajstić information content (AvgIpc) is 2.73. The number of carbonyl (C=O) groups excluding carboxylic acids is 1. The highest BCUT2D eigenvalue weighted by Gasteiger charge is 2.23. The molecule has 12 heteroatoms. The van der Waals surface area contributed by atoms with Gasteiger partial charge in [0.15, 0.2) is 5.82 Å². The molecule has 0 fully saturated rings. The van der Waals surface area contributed by atoms with E-state index in [0.717, 1.165) is 6.20 Å². The molecule has 0 saturated carbocycles. The van der Waals surface area contributed by atoms with Gasteiger partial charge in [0.25, 0.3) is 11.5 Å². The van der Waals surface area contributed by atoms with E-state index in [0.29, 0.717) is 17.0 Å². The third-order valence-electron chi connectivity index (χ3n) is 3.68. The number of nitrogens with zero attached hydrogens (tertiary/aromatic N) is 3. The molecule has 3 aromatic rings. The lowest BCUT2D eigenvalue weighted by Crippen LogP contribution is -2.29. The lowest BCUT2D eigenvalue weighted by molar-refractivity contribution is 0.0727. The van der Waals surface area contributed by atoms with Crippen LogP contribution in [0.2, 0.25) is 0 Å². The molecule has 150 valence electrons. The molecule has 3 rings (SSSR count). The number of aromatic nitrogens is 4. The summed E-state index contributed by atoms with van der Waals surface area (Å²) in [4.78, 5) is 40.5. The number of benzene rings is 1. The molecule has 29 heavy (non-hydrogen) atoms. The van der Waals surface area contributed by atoms with Crippen molar-refractivity contribution in [1.82, 2.24) is 25.6 Å². The van der Waals surface area contributed by atoms with Crippen LogP contribution in [0.25, 0.3) is 11.5 Å². The van der Waals surface area contributed by atoms with Crippen LogP contribution in [0.15, 0.2) is 53.6 Å². The monoisotopic (exact) mass is 417 g/mol. The van der Waals surface area contributed by atoms with E-state index in [1.165, 1.54) is 13.3 Å². The first-order chi connectivity index (χ1) is 13.9. The van der Waals surface area contributed by atoms with Gasteiger partial charge in [-0.25, -0.2) is 10.5 Å². The van der Waals surface area contributed by atoms with Crippen LogP contribution in [-0.2, 0) is 15.4 Å². The molecule has 1 aromatic carbocycles. The highest BCUT2D eigenvalue weighted by Crippen LogP contribution is 2.44. The van der Waals surface area contributed by atoms with Crippen LogP contribution in [0.1, 0.15) is 15.9 Å². The Labute approximate surface area is 164 Å². The van der Waals surface area contributed by atoms with Crippen LogP contribution in [0, 0.1) is 0 Å². The summed E-state index contributed by atoms with van der Waals surface area (Å²) in [6.07, 6.45) is 2.12. The van der Waals surface area contributed by atoms with Crippen LogP contribution in [-0.4, -0.2) is 38.1 Å². The van der Waals surface area contributed by atoms with Crippen molar-refractivity contribution in [2.45, 2.75) is 6.16 Å². The predicted octanol–water partition coefficient (Wildman–Crippen LogP) is 1.28. The largest absolute Gasteiger partial charge is 0.497 e. The van der Waals surface area contributed by atoms with Crippen molar-refractivity contribution in [2.75, 3.05) is 7.11 Å². The Hall–Kier alpha value is -3.40. The summed E-state index contributed by atoms with van der Waals surface area (Å²) >= 11 is 0. The van der Waals surface area contributed by atoms with Crippen LogP contribution in [0.4, 0.5) is 0 Å². The van der Waals surface area contributed by atoms with Crippen LogP contribution >= 0.6 is 7.60 Å². The number of hydrogen-bond donors (Lipinski definition) is 3. The number of aromatic amines is 1. The highest BCUT2D eigenvalue weighted by atomic mass is 31.2. The normalized spacial score (nSPS) is 12.8. The summed E-state index contributed by atoms with van der Waals surface area (Å²) in [6, 6.07) is 9.61. The van der Waals surface area contributed by atoms with Crippen molar-refractivity contribution in [2.24, 2.45) is 0 Å². The lowest BCUT2D eigenvalue weighted by Gasteiger charge is -2.12. The lowest BCUT2D eigenvalue weighted by atomic mass is 10.2. The molecule has 2 aromatic heterocycles. The fourth-order valence-corrected chi connectivity index (χ4v) is 3.24. The van der Waals surface area contributed by atoms with E-state index in [1.807, 2.05) is 5.48 Å². The van der Waals surface area contributed by atoms with Gasteiger partial charge in [0.05, 0.1) is 13.3 Å². The van der Waals surface area contributed by atoms with Gasteiger partial charge in [0.2, 0.25) is 0 Å². The van der Waals surface area contributed by atoms with Crippen molar-refractivity contribution >= 4 is 13.5 Å². The molecular formula is C17H16N5O6P. The van der Waals surface area contributed by atoms with Crippen LogP contribution < -0.4 is 15.8 Å². The van der Waals surface area contributed by atoms with Gasteiger partial charge < -0.3 is 14.6 Å². The molecule has 11 nitrogen and oxygen atoms in total. The first-order valence-electron chi connectivity index (χ1n) is 8.19. The number of H-pyrrole nitrogens is 1. The van der Waals surface area contributed by atoms with Gasteiger partial charge >= 0.3 is 7.60 Å². The fraction of sp³-hybridized carbons (Fsp3) is 0.118. The Morgan fingerprint density at radius 1 is 1.28 bits per heavy atom. The third-order valence-corrected chi connectivity index (χ3v) is 4.82. The summed E-state index contributed by atoms with van der Waals surface area (Å²) < 4.78 is 21.8. The number of hydrogen-bond acceptors (Lipinski definition) is 8. The summed E-state index contributed by atoms with van der Waals surface area (Å²) in [5.41, 5.74) is 1.45. The first-order valence-corrected chi connectivity index (χ1v) is 9.95. The van der Waals surface area contributed by atoms with Crippen molar-refractivity contribution in [1.29, 1.82) is 0 Å². The second kappa shape index (κ2) is 8.74. The molecule has 0 spiro atoms. The van der Waals surface area contributed by atoms with E-state index in [-0.39, 0.29) is 12.0 Å². The summed E-state index contributed by atoms with van der Waals surface area (Å²) in [5.74, 6) is -0.311. The molecule has 0 bridgehead atoms. The number of methoxy groups -OCH3 is 1. The molecule has 1 amide bonds. The molecule has 0 radical (unpaired) electrons. The Morgan fingerprint density at radius 3 is 2.66 bits per heavy atom. The van der Waals surface area contributed by atoms with Crippen molar-refractivity contribution < 1.29 is 23.6 Å². The second-order valence-corrected chi connectivity index (χ2v) is 7.52. The molecule has 0 aliphatic carbocycles. The van der Waals surface area contributed by atoms with Gasteiger partial charge in [0.1, 0.15) is 17.0 Å². The Kier molecular flexibility index (Phi) is 6.13. The van der Waals surface area contributed by atoms with Gasteiger partial charge in [-0.2, -0.15) is 9.72 Å². The third kappa shape index (κ3) is 5.32. The van der Waals surface area contributed by atoms with Crippen molar-refractivity contribution in [3.63, 3.8) is 0 Å². The van der Waals surface area contributed by atoms with Gasteiger partial charge in [-0.3, -0.25) is 14.2 Å². The maximum absolute atomic E-state index is 12.2. The number of carbonyl (C=O) groups is 1. The number of hydroxylamine groups is 1. The zero-order chi connectivity index (χ0) is 20.9. The standard InChI is InChI=1S/C17H16N5O6P/c1-27-12-6-4-11(5-7-12)10-29(25,26)28-22-17(24)13-9-18-15(20-16(13)23)14-3-2-8-19-21-14/h2-9H,10H2,1H3,(H,22,24)(H,25,26)(H,18,20,23). The molecule has 0 saturated heterocycles. The van der Waals surface area contributed by atoms with E-state index >= 15 is 0 Å². The fourth-order valence-electron chi connectivity index (χ4n) is 2.28. The minimum absolute atomic E-state index is 0.118. The zero-order valence-corrected chi connectivity index (χ0v) is 16.0. The van der Waals surface area contributed by atoms with E-state index in [2.05, 4.69) is 24.8 Å². The minimum atomic E-state index is -4.21. The quantitative estimate of drug-likeness (QED) is 0.380. The van der Waals surface area contributed by atoms with Crippen molar-refractivity contribution in [3.8, 4) is 17.3 Å². The Balaban J connectivity index is 1.65. The molecule has 0 aliphatic rings. The van der Waals surface area contributed by atoms with E-state index < -0.39 is 24.6 Å². The molecular weight excluding hydrogens is 401 g/mol.